The Balaban J connectivity index is 1.96. The standard InChI is InChI=1S/C13H17FN4S/c1-2-3-4-12-16-17-13(18(12)15)19-9-10-5-7-11(14)8-6-10/h5-8H,2-4,9,15H2,1H3. The third-order valence-electron chi connectivity index (χ3n) is 2.77. The largest absolute Gasteiger partial charge is 0.336 e. The Morgan fingerprint density at radius 3 is 2.68 bits per heavy atom. The molecule has 0 atom stereocenters. The van der Waals surface area contributed by atoms with Crippen molar-refractivity contribution in [2.24, 2.45) is 0 Å². The zero-order valence-corrected chi connectivity index (χ0v) is 11.7. The molecule has 0 aliphatic carbocycles. The highest BCUT2D eigenvalue weighted by Gasteiger charge is 2.09. The molecule has 4 nitrogen and oxygen atoms in total. The molecule has 0 spiro atoms. The summed E-state index contributed by atoms with van der Waals surface area (Å²) in [6.45, 7) is 2.13. The summed E-state index contributed by atoms with van der Waals surface area (Å²) in [7, 11) is 0. The second-order valence-corrected chi connectivity index (χ2v) is 5.23. The maximum Gasteiger partial charge on any atom is 0.210 e. The summed E-state index contributed by atoms with van der Waals surface area (Å²) in [5, 5.41) is 8.86. The van der Waals surface area contributed by atoms with Crippen molar-refractivity contribution in [3.8, 4) is 0 Å². The molecule has 19 heavy (non-hydrogen) atoms. The van der Waals surface area contributed by atoms with Gasteiger partial charge in [0.05, 0.1) is 0 Å². The van der Waals surface area contributed by atoms with E-state index in [-0.39, 0.29) is 5.82 Å². The highest BCUT2D eigenvalue weighted by molar-refractivity contribution is 7.98. The molecule has 0 unspecified atom stereocenters. The van der Waals surface area contributed by atoms with Gasteiger partial charge in [-0.25, -0.2) is 9.07 Å². The van der Waals surface area contributed by atoms with Crippen LogP contribution in [0.15, 0.2) is 29.4 Å². The Morgan fingerprint density at radius 1 is 1.26 bits per heavy atom. The molecule has 1 aromatic heterocycles. The molecule has 0 radical (unpaired) electrons. The van der Waals surface area contributed by atoms with E-state index < -0.39 is 0 Å². The van der Waals surface area contributed by atoms with Gasteiger partial charge in [-0.3, -0.25) is 0 Å². The summed E-state index contributed by atoms with van der Waals surface area (Å²) in [5.41, 5.74) is 1.03. The van der Waals surface area contributed by atoms with E-state index in [1.54, 1.807) is 16.8 Å². The van der Waals surface area contributed by atoms with Gasteiger partial charge >= 0.3 is 0 Å². The number of nitrogens with two attached hydrogens (primary N) is 1. The van der Waals surface area contributed by atoms with Crippen molar-refractivity contribution in [3.05, 3.63) is 41.5 Å². The van der Waals surface area contributed by atoms with Crippen molar-refractivity contribution in [1.82, 2.24) is 14.9 Å². The zero-order chi connectivity index (χ0) is 13.7. The van der Waals surface area contributed by atoms with Crippen LogP contribution < -0.4 is 5.84 Å². The molecule has 0 saturated carbocycles. The first-order valence-electron chi connectivity index (χ1n) is 6.27. The molecule has 1 aromatic carbocycles. The van der Waals surface area contributed by atoms with E-state index >= 15 is 0 Å². The second-order valence-electron chi connectivity index (χ2n) is 4.29. The number of benzene rings is 1. The first kappa shape index (κ1) is 13.9. The van der Waals surface area contributed by atoms with Crippen LogP contribution in [0.2, 0.25) is 0 Å². The molecule has 0 bridgehead atoms. The molecule has 2 N–H and O–H groups in total. The molecule has 0 amide bonds. The molecule has 0 saturated heterocycles. The molecular formula is C13H17FN4S. The number of unbranched alkanes of at least 4 members (excludes halogenated alkanes) is 1. The smallest absolute Gasteiger partial charge is 0.210 e. The van der Waals surface area contributed by atoms with Crippen LogP contribution in [0, 0.1) is 5.82 Å². The van der Waals surface area contributed by atoms with Crippen LogP contribution in [-0.4, -0.2) is 14.9 Å². The maximum absolute atomic E-state index is 12.8. The van der Waals surface area contributed by atoms with Gasteiger partial charge in [-0.2, -0.15) is 0 Å². The van der Waals surface area contributed by atoms with Gasteiger partial charge in [0.15, 0.2) is 5.82 Å². The van der Waals surface area contributed by atoms with Gasteiger partial charge in [0.25, 0.3) is 0 Å². The number of thioether (sulfide) groups is 1. The minimum atomic E-state index is -0.224. The summed E-state index contributed by atoms with van der Waals surface area (Å²) in [5.74, 6) is 7.23. The third-order valence-corrected chi connectivity index (χ3v) is 3.78. The van der Waals surface area contributed by atoms with Crippen molar-refractivity contribution in [2.45, 2.75) is 37.1 Å². The number of hydrogen-bond acceptors (Lipinski definition) is 4. The van der Waals surface area contributed by atoms with Crippen LogP contribution in [0.4, 0.5) is 4.39 Å². The van der Waals surface area contributed by atoms with Crippen molar-refractivity contribution in [3.63, 3.8) is 0 Å². The minimum Gasteiger partial charge on any atom is -0.336 e. The summed E-state index contributed by atoms with van der Waals surface area (Å²) in [4.78, 5) is 0. The average molecular weight is 280 g/mol. The Hall–Kier alpha value is -1.56. The van der Waals surface area contributed by atoms with E-state index in [2.05, 4.69) is 17.1 Å². The van der Waals surface area contributed by atoms with Crippen molar-refractivity contribution in [1.29, 1.82) is 0 Å². The van der Waals surface area contributed by atoms with Crippen LogP contribution >= 0.6 is 11.8 Å². The molecule has 102 valence electrons. The van der Waals surface area contributed by atoms with Gasteiger partial charge in [-0.15, -0.1) is 10.2 Å². The van der Waals surface area contributed by atoms with Gasteiger partial charge < -0.3 is 5.84 Å². The molecule has 6 heteroatoms. The summed E-state index contributed by atoms with van der Waals surface area (Å²) >= 11 is 1.50. The molecular weight excluding hydrogens is 263 g/mol. The number of hydrogen-bond donors (Lipinski definition) is 1. The number of nitrogen functional groups attached to an aromatic ring is 1. The molecule has 0 fully saturated rings. The topological polar surface area (TPSA) is 56.7 Å². The molecule has 1 heterocycles. The van der Waals surface area contributed by atoms with Gasteiger partial charge in [0.2, 0.25) is 5.16 Å². The average Bonchev–Trinajstić information content (AvgIpc) is 2.77. The van der Waals surface area contributed by atoms with E-state index in [9.17, 15) is 4.39 Å². The second kappa shape index (κ2) is 6.56. The Morgan fingerprint density at radius 2 is 2.00 bits per heavy atom. The van der Waals surface area contributed by atoms with Gasteiger partial charge in [0, 0.05) is 12.2 Å². The fourth-order valence-corrected chi connectivity index (χ4v) is 2.47. The van der Waals surface area contributed by atoms with Crippen molar-refractivity contribution >= 4 is 11.8 Å². The number of halogens is 1. The molecule has 2 rings (SSSR count). The fourth-order valence-electron chi connectivity index (χ4n) is 1.64. The molecule has 2 aromatic rings. The fraction of sp³-hybridized carbons (Fsp3) is 0.385. The highest BCUT2D eigenvalue weighted by Crippen LogP contribution is 2.20. The monoisotopic (exact) mass is 280 g/mol. The van der Waals surface area contributed by atoms with Crippen LogP contribution in [0.25, 0.3) is 0 Å². The van der Waals surface area contributed by atoms with Crippen molar-refractivity contribution in [2.75, 3.05) is 5.84 Å². The van der Waals surface area contributed by atoms with Crippen LogP contribution in [-0.2, 0) is 12.2 Å². The van der Waals surface area contributed by atoms with E-state index in [1.807, 2.05) is 0 Å². The lowest BCUT2D eigenvalue weighted by molar-refractivity contribution is 0.627. The van der Waals surface area contributed by atoms with Gasteiger partial charge in [-0.1, -0.05) is 37.2 Å². The first-order valence-corrected chi connectivity index (χ1v) is 7.26. The quantitative estimate of drug-likeness (QED) is 0.653. The predicted molar refractivity (Wildman–Crippen MR) is 74.7 cm³/mol. The predicted octanol–water partition coefficient (Wildman–Crippen LogP) is 2.77. The number of aryl methyl sites for hydroxylation is 1. The Kier molecular flexibility index (Phi) is 4.79. The van der Waals surface area contributed by atoms with Crippen LogP contribution in [0.1, 0.15) is 31.2 Å². The summed E-state index contributed by atoms with van der Waals surface area (Å²) < 4.78 is 14.3. The van der Waals surface area contributed by atoms with Crippen LogP contribution in [0.3, 0.4) is 0 Å². The van der Waals surface area contributed by atoms with E-state index in [0.29, 0.717) is 10.9 Å². The van der Waals surface area contributed by atoms with Gasteiger partial charge in [0.1, 0.15) is 5.82 Å². The Bertz CT molecular complexity index is 524. The number of nitrogens with zero attached hydrogens (tertiary/aromatic N) is 3. The van der Waals surface area contributed by atoms with Crippen molar-refractivity contribution < 1.29 is 4.39 Å². The highest BCUT2D eigenvalue weighted by atomic mass is 32.2. The lowest BCUT2D eigenvalue weighted by Gasteiger charge is -2.03. The Labute approximate surface area is 116 Å². The molecule has 0 aliphatic rings. The third kappa shape index (κ3) is 3.70. The van der Waals surface area contributed by atoms with E-state index in [4.69, 9.17) is 5.84 Å². The lowest BCUT2D eigenvalue weighted by Crippen LogP contribution is -2.14. The minimum absolute atomic E-state index is 0.224. The first-order chi connectivity index (χ1) is 9.20. The summed E-state index contributed by atoms with van der Waals surface area (Å²) in [6.07, 6.45) is 3.00. The van der Waals surface area contributed by atoms with Gasteiger partial charge in [-0.05, 0) is 24.1 Å². The van der Waals surface area contributed by atoms with Crippen LogP contribution in [0.5, 0.6) is 0 Å². The lowest BCUT2D eigenvalue weighted by atomic mass is 10.2. The SMILES string of the molecule is CCCCc1nnc(SCc2ccc(F)cc2)n1N. The number of aromatic nitrogens is 3. The van der Waals surface area contributed by atoms with E-state index in [1.165, 1.54) is 23.9 Å². The maximum atomic E-state index is 12.8. The number of rotatable bonds is 6. The zero-order valence-electron chi connectivity index (χ0n) is 10.8. The summed E-state index contributed by atoms with van der Waals surface area (Å²) in [6, 6.07) is 6.43. The molecule has 0 aliphatic heterocycles. The normalized spacial score (nSPS) is 10.8. The van der Waals surface area contributed by atoms with E-state index in [0.717, 1.165) is 30.7 Å².